The first-order chi connectivity index (χ1) is 11.3. The molecule has 3 rings (SSSR count). The van der Waals surface area contributed by atoms with Gasteiger partial charge in [0.2, 0.25) is 0 Å². The third-order valence-corrected chi connectivity index (χ3v) is 4.85. The number of benzene rings is 1. The summed E-state index contributed by atoms with van der Waals surface area (Å²) in [6, 6.07) is 14.9. The molecule has 1 heteroatoms. The van der Waals surface area contributed by atoms with E-state index in [0.717, 1.165) is 18.0 Å². The summed E-state index contributed by atoms with van der Waals surface area (Å²) in [5.74, 6) is 0.876. The van der Waals surface area contributed by atoms with Gasteiger partial charge in [-0.2, -0.15) is 0 Å². The van der Waals surface area contributed by atoms with Gasteiger partial charge in [-0.3, -0.25) is 4.98 Å². The van der Waals surface area contributed by atoms with Gasteiger partial charge in [0, 0.05) is 5.69 Å². The van der Waals surface area contributed by atoms with E-state index in [-0.39, 0.29) is 0 Å². The third kappa shape index (κ3) is 4.54. The topological polar surface area (TPSA) is 12.9 Å². The molecule has 1 aliphatic carbocycles. The molecule has 23 heavy (non-hydrogen) atoms. The van der Waals surface area contributed by atoms with Crippen molar-refractivity contribution < 1.29 is 0 Å². The zero-order chi connectivity index (χ0) is 15.9. The average Bonchev–Trinajstić information content (AvgIpc) is 2.61. The van der Waals surface area contributed by atoms with Crippen molar-refractivity contribution in [3.05, 3.63) is 65.0 Å². The lowest BCUT2D eigenvalue weighted by atomic mass is 9.83. The largest absolute Gasteiger partial charge is 0.253 e. The SMILES string of the molecule is CCCCCC1CCc2nc(C=Cc3ccccc3)ccc2C1. The molecule has 1 aromatic carbocycles. The summed E-state index contributed by atoms with van der Waals surface area (Å²) in [6.45, 7) is 2.28. The number of rotatable bonds is 6. The van der Waals surface area contributed by atoms with Gasteiger partial charge in [-0.05, 0) is 48.4 Å². The molecule has 1 nitrogen and oxygen atoms in total. The molecule has 1 aliphatic rings. The van der Waals surface area contributed by atoms with Crippen LogP contribution in [0.4, 0.5) is 0 Å². The molecule has 1 unspecified atom stereocenters. The van der Waals surface area contributed by atoms with Crippen LogP contribution in [0.25, 0.3) is 12.2 Å². The van der Waals surface area contributed by atoms with Gasteiger partial charge < -0.3 is 0 Å². The molecule has 1 heterocycles. The van der Waals surface area contributed by atoms with Crippen molar-refractivity contribution in [2.75, 3.05) is 0 Å². The maximum Gasteiger partial charge on any atom is 0.0633 e. The average molecular weight is 305 g/mol. The zero-order valence-electron chi connectivity index (χ0n) is 14.2. The lowest BCUT2D eigenvalue weighted by Crippen LogP contribution is -2.15. The number of nitrogens with zero attached hydrogens (tertiary/aromatic N) is 1. The Morgan fingerprint density at radius 3 is 2.74 bits per heavy atom. The highest BCUT2D eigenvalue weighted by Gasteiger charge is 2.19. The van der Waals surface area contributed by atoms with Crippen molar-refractivity contribution in [2.24, 2.45) is 5.92 Å². The van der Waals surface area contributed by atoms with Gasteiger partial charge in [0.1, 0.15) is 0 Å². The summed E-state index contributed by atoms with van der Waals surface area (Å²) < 4.78 is 0. The van der Waals surface area contributed by atoms with Gasteiger partial charge in [0.05, 0.1) is 5.69 Å². The van der Waals surface area contributed by atoms with Crippen LogP contribution in [0.2, 0.25) is 0 Å². The van der Waals surface area contributed by atoms with E-state index in [1.807, 2.05) is 6.07 Å². The summed E-state index contributed by atoms with van der Waals surface area (Å²) in [4.78, 5) is 4.87. The van der Waals surface area contributed by atoms with Crippen molar-refractivity contribution in [3.8, 4) is 0 Å². The van der Waals surface area contributed by atoms with E-state index in [1.54, 1.807) is 0 Å². The molecule has 0 aliphatic heterocycles. The van der Waals surface area contributed by atoms with Crippen LogP contribution >= 0.6 is 0 Å². The molecule has 1 atom stereocenters. The Kier molecular flexibility index (Phi) is 5.63. The Balaban J connectivity index is 1.64. The standard InChI is InChI=1S/C22H27N/c1-2-3-5-10-19-12-16-22-20(17-19)13-15-21(23-22)14-11-18-8-6-4-7-9-18/h4,6-9,11,13-15,19H,2-3,5,10,12,16-17H2,1H3. The first-order valence-corrected chi connectivity index (χ1v) is 9.07. The summed E-state index contributed by atoms with van der Waals surface area (Å²) in [7, 11) is 0. The van der Waals surface area contributed by atoms with Crippen molar-refractivity contribution >= 4 is 12.2 Å². The van der Waals surface area contributed by atoms with Gasteiger partial charge in [0.25, 0.3) is 0 Å². The van der Waals surface area contributed by atoms with E-state index in [1.165, 1.54) is 55.3 Å². The van der Waals surface area contributed by atoms with E-state index in [0.29, 0.717) is 0 Å². The molecule has 0 radical (unpaired) electrons. The molecule has 0 bridgehead atoms. The van der Waals surface area contributed by atoms with Crippen LogP contribution in [-0.4, -0.2) is 4.98 Å². The highest BCUT2D eigenvalue weighted by atomic mass is 14.7. The fourth-order valence-corrected chi connectivity index (χ4v) is 3.47. The van der Waals surface area contributed by atoms with Gasteiger partial charge in [-0.1, -0.05) is 75.1 Å². The monoisotopic (exact) mass is 305 g/mol. The number of fused-ring (bicyclic) bond motifs is 1. The van der Waals surface area contributed by atoms with Crippen LogP contribution in [0, 0.1) is 5.92 Å². The maximum absolute atomic E-state index is 4.87. The van der Waals surface area contributed by atoms with Gasteiger partial charge in [-0.25, -0.2) is 0 Å². The minimum Gasteiger partial charge on any atom is -0.253 e. The predicted molar refractivity (Wildman–Crippen MR) is 99.3 cm³/mol. The Bertz CT molecular complexity index is 642. The smallest absolute Gasteiger partial charge is 0.0633 e. The van der Waals surface area contributed by atoms with E-state index >= 15 is 0 Å². The number of aromatic nitrogens is 1. The number of hydrogen-bond acceptors (Lipinski definition) is 1. The number of pyridine rings is 1. The maximum atomic E-state index is 4.87. The molecular formula is C22H27N. The van der Waals surface area contributed by atoms with Crippen molar-refractivity contribution in [1.82, 2.24) is 4.98 Å². The summed E-state index contributed by atoms with van der Waals surface area (Å²) >= 11 is 0. The van der Waals surface area contributed by atoms with Gasteiger partial charge >= 0.3 is 0 Å². The molecule has 0 amide bonds. The molecule has 0 fully saturated rings. The molecule has 0 N–H and O–H groups in total. The lowest BCUT2D eigenvalue weighted by Gasteiger charge is -2.24. The van der Waals surface area contributed by atoms with Crippen molar-refractivity contribution in [2.45, 2.75) is 51.9 Å². The summed E-state index contributed by atoms with van der Waals surface area (Å²) in [6.07, 6.45) is 13.5. The predicted octanol–water partition coefficient (Wildman–Crippen LogP) is 5.94. The van der Waals surface area contributed by atoms with E-state index < -0.39 is 0 Å². The van der Waals surface area contributed by atoms with E-state index in [9.17, 15) is 0 Å². The number of aryl methyl sites for hydroxylation is 1. The second-order valence-corrected chi connectivity index (χ2v) is 6.69. The second-order valence-electron chi connectivity index (χ2n) is 6.69. The van der Waals surface area contributed by atoms with Crippen LogP contribution < -0.4 is 0 Å². The third-order valence-electron chi connectivity index (χ3n) is 4.85. The molecule has 2 aromatic rings. The number of hydrogen-bond donors (Lipinski definition) is 0. The zero-order valence-corrected chi connectivity index (χ0v) is 14.2. The Labute approximate surface area is 140 Å². The van der Waals surface area contributed by atoms with Crippen molar-refractivity contribution in [3.63, 3.8) is 0 Å². The normalized spacial score (nSPS) is 17.3. The van der Waals surface area contributed by atoms with E-state index in [2.05, 4.69) is 55.5 Å². The van der Waals surface area contributed by atoms with Crippen LogP contribution in [0.1, 0.15) is 61.5 Å². The Morgan fingerprint density at radius 1 is 1.04 bits per heavy atom. The number of unbranched alkanes of at least 4 members (excludes halogenated alkanes) is 2. The minimum atomic E-state index is 0.876. The van der Waals surface area contributed by atoms with Gasteiger partial charge in [-0.15, -0.1) is 0 Å². The quantitative estimate of drug-likeness (QED) is 0.602. The minimum absolute atomic E-state index is 0.876. The molecule has 0 saturated carbocycles. The van der Waals surface area contributed by atoms with Crippen LogP contribution in [0.5, 0.6) is 0 Å². The molecule has 120 valence electrons. The fourth-order valence-electron chi connectivity index (χ4n) is 3.47. The molecule has 1 aromatic heterocycles. The lowest BCUT2D eigenvalue weighted by molar-refractivity contribution is 0.404. The molecule has 0 spiro atoms. The molecular weight excluding hydrogens is 278 g/mol. The second kappa shape index (κ2) is 8.10. The van der Waals surface area contributed by atoms with Crippen LogP contribution in [0.15, 0.2) is 42.5 Å². The van der Waals surface area contributed by atoms with Gasteiger partial charge in [0.15, 0.2) is 0 Å². The molecule has 0 saturated heterocycles. The van der Waals surface area contributed by atoms with Crippen molar-refractivity contribution in [1.29, 1.82) is 0 Å². The Morgan fingerprint density at radius 2 is 1.91 bits per heavy atom. The fraction of sp³-hybridized carbons (Fsp3) is 0.409. The van der Waals surface area contributed by atoms with Crippen LogP contribution in [0.3, 0.4) is 0 Å². The summed E-state index contributed by atoms with van der Waals surface area (Å²) in [5, 5.41) is 0. The first-order valence-electron chi connectivity index (χ1n) is 9.07. The summed E-state index contributed by atoms with van der Waals surface area (Å²) in [5.41, 5.74) is 5.11. The first kappa shape index (κ1) is 16.0. The highest BCUT2D eigenvalue weighted by molar-refractivity contribution is 5.68. The van der Waals surface area contributed by atoms with E-state index in [4.69, 9.17) is 4.98 Å². The van der Waals surface area contributed by atoms with Crippen LogP contribution in [-0.2, 0) is 12.8 Å². The highest BCUT2D eigenvalue weighted by Crippen LogP contribution is 2.28. The Hall–Kier alpha value is -1.89.